The van der Waals surface area contributed by atoms with E-state index in [0.29, 0.717) is 10.6 Å². The van der Waals surface area contributed by atoms with Crippen LogP contribution in [0.25, 0.3) is 0 Å². The number of pyridine rings is 1. The summed E-state index contributed by atoms with van der Waals surface area (Å²) in [6.45, 7) is 7.49. The van der Waals surface area contributed by atoms with Crippen molar-refractivity contribution in [3.63, 3.8) is 0 Å². The molecule has 1 heterocycles. The third-order valence-electron chi connectivity index (χ3n) is 3.54. The van der Waals surface area contributed by atoms with Gasteiger partial charge in [-0.05, 0) is 62.6 Å². The molecule has 0 saturated heterocycles. The van der Waals surface area contributed by atoms with Gasteiger partial charge in [-0.2, -0.15) is 0 Å². The maximum atomic E-state index is 12.6. The van der Waals surface area contributed by atoms with Crippen LogP contribution in [-0.2, 0) is 10.0 Å². The summed E-state index contributed by atoms with van der Waals surface area (Å²) in [5.74, 6) is 0. The number of hydrogen-bond donors (Lipinski definition) is 1. The summed E-state index contributed by atoms with van der Waals surface area (Å²) >= 11 is 0. The van der Waals surface area contributed by atoms with Crippen LogP contribution in [0.3, 0.4) is 0 Å². The molecule has 2 aromatic rings. The van der Waals surface area contributed by atoms with E-state index in [9.17, 15) is 8.42 Å². The molecule has 4 nitrogen and oxygen atoms in total. The minimum absolute atomic E-state index is 0.327. The predicted molar refractivity (Wildman–Crippen MR) is 83.6 cm³/mol. The minimum Gasteiger partial charge on any atom is -0.260 e. The Hall–Kier alpha value is -1.72. The maximum absolute atomic E-state index is 12.6. The first kappa shape index (κ1) is 15.7. The van der Waals surface area contributed by atoms with Gasteiger partial charge in [-0.15, -0.1) is 0 Å². The second-order valence-electron chi connectivity index (χ2n) is 5.30. The second kappa shape index (κ2) is 5.95. The molecule has 2 rings (SSSR count). The fourth-order valence-corrected chi connectivity index (χ4v) is 3.74. The van der Waals surface area contributed by atoms with E-state index in [4.69, 9.17) is 0 Å². The van der Waals surface area contributed by atoms with E-state index in [2.05, 4.69) is 9.71 Å². The zero-order valence-electron chi connectivity index (χ0n) is 12.7. The zero-order chi connectivity index (χ0) is 15.6. The molecule has 0 amide bonds. The molecule has 21 heavy (non-hydrogen) atoms. The lowest BCUT2D eigenvalue weighted by Gasteiger charge is -2.16. The molecule has 0 aliphatic heterocycles. The first-order valence-corrected chi connectivity index (χ1v) is 8.30. The summed E-state index contributed by atoms with van der Waals surface area (Å²) in [4.78, 5) is 4.51. The van der Waals surface area contributed by atoms with Crippen molar-refractivity contribution in [3.05, 3.63) is 58.9 Å². The minimum atomic E-state index is -3.57. The molecule has 1 atom stereocenters. The van der Waals surface area contributed by atoms with Gasteiger partial charge in [0.25, 0.3) is 0 Å². The Morgan fingerprint density at radius 2 is 1.71 bits per heavy atom. The monoisotopic (exact) mass is 304 g/mol. The van der Waals surface area contributed by atoms with Crippen LogP contribution in [0, 0.1) is 20.8 Å². The molecule has 0 aliphatic carbocycles. The molecule has 112 valence electrons. The lowest BCUT2D eigenvalue weighted by Crippen LogP contribution is -2.28. The van der Waals surface area contributed by atoms with E-state index in [1.165, 1.54) is 0 Å². The molecule has 0 unspecified atom stereocenters. The lowest BCUT2D eigenvalue weighted by molar-refractivity contribution is 0.563. The SMILES string of the molecule is Cc1cc(C)c(S(=O)(=O)N[C@@H](C)c2ccccn2)cc1C. The number of nitrogens with one attached hydrogen (secondary N) is 1. The predicted octanol–water partition coefficient (Wildman–Crippen LogP) is 3.05. The number of aromatic nitrogens is 1. The van der Waals surface area contributed by atoms with Gasteiger partial charge in [-0.25, -0.2) is 13.1 Å². The van der Waals surface area contributed by atoms with Crippen molar-refractivity contribution in [2.24, 2.45) is 0 Å². The van der Waals surface area contributed by atoms with Crippen LogP contribution in [0.1, 0.15) is 35.3 Å². The van der Waals surface area contributed by atoms with E-state index in [-0.39, 0.29) is 6.04 Å². The van der Waals surface area contributed by atoms with E-state index < -0.39 is 10.0 Å². The van der Waals surface area contributed by atoms with E-state index in [0.717, 1.165) is 16.7 Å². The third-order valence-corrected chi connectivity index (χ3v) is 5.23. The Morgan fingerprint density at radius 1 is 1.05 bits per heavy atom. The highest BCUT2D eigenvalue weighted by Crippen LogP contribution is 2.22. The highest BCUT2D eigenvalue weighted by atomic mass is 32.2. The topological polar surface area (TPSA) is 59.1 Å². The van der Waals surface area contributed by atoms with Crippen molar-refractivity contribution in [1.82, 2.24) is 9.71 Å². The van der Waals surface area contributed by atoms with Crippen LogP contribution >= 0.6 is 0 Å². The molecule has 0 aliphatic rings. The van der Waals surface area contributed by atoms with Crippen molar-refractivity contribution in [2.75, 3.05) is 0 Å². The molecular weight excluding hydrogens is 284 g/mol. The number of hydrogen-bond acceptors (Lipinski definition) is 3. The van der Waals surface area contributed by atoms with Crippen LogP contribution in [-0.4, -0.2) is 13.4 Å². The Labute approximate surface area is 126 Å². The summed E-state index contributed by atoms with van der Waals surface area (Å²) in [5.41, 5.74) is 3.50. The van der Waals surface area contributed by atoms with Gasteiger partial charge in [0.15, 0.2) is 0 Å². The zero-order valence-corrected chi connectivity index (χ0v) is 13.5. The standard InChI is InChI=1S/C16H20N2O2S/c1-11-9-13(3)16(10-12(11)2)21(19,20)18-14(4)15-7-5-6-8-17-15/h5-10,14,18H,1-4H3/t14-/m0/s1. The van der Waals surface area contributed by atoms with Gasteiger partial charge in [0.2, 0.25) is 10.0 Å². The van der Waals surface area contributed by atoms with Gasteiger partial charge in [-0.3, -0.25) is 4.98 Å². The second-order valence-corrected chi connectivity index (χ2v) is 6.98. The van der Waals surface area contributed by atoms with Crippen molar-refractivity contribution in [1.29, 1.82) is 0 Å². The van der Waals surface area contributed by atoms with Gasteiger partial charge in [-0.1, -0.05) is 12.1 Å². The van der Waals surface area contributed by atoms with Gasteiger partial charge >= 0.3 is 0 Å². The molecule has 0 fully saturated rings. The number of sulfonamides is 1. The molecule has 1 aromatic carbocycles. The van der Waals surface area contributed by atoms with Crippen molar-refractivity contribution >= 4 is 10.0 Å². The molecule has 1 N–H and O–H groups in total. The van der Waals surface area contributed by atoms with E-state index in [1.807, 2.05) is 32.9 Å². The third kappa shape index (κ3) is 3.49. The molecule has 0 spiro atoms. The molecule has 0 bridgehead atoms. The van der Waals surface area contributed by atoms with Gasteiger partial charge in [0.05, 0.1) is 16.6 Å². The molecule has 5 heteroatoms. The average Bonchev–Trinajstić information content (AvgIpc) is 2.43. The van der Waals surface area contributed by atoms with Gasteiger partial charge in [0, 0.05) is 6.20 Å². The molecule has 1 aromatic heterocycles. The number of aryl methyl sites for hydroxylation is 3. The van der Waals surface area contributed by atoms with Crippen LogP contribution < -0.4 is 4.72 Å². The normalized spacial score (nSPS) is 13.1. The van der Waals surface area contributed by atoms with Crippen LogP contribution in [0.2, 0.25) is 0 Å². The Bertz CT molecular complexity index is 740. The van der Waals surface area contributed by atoms with Gasteiger partial charge in [0.1, 0.15) is 0 Å². The number of rotatable bonds is 4. The van der Waals surface area contributed by atoms with Gasteiger partial charge < -0.3 is 0 Å². The summed E-state index contributed by atoms with van der Waals surface area (Å²) in [5, 5.41) is 0. The molecule has 0 saturated carbocycles. The smallest absolute Gasteiger partial charge is 0.241 e. The highest BCUT2D eigenvalue weighted by molar-refractivity contribution is 7.89. The maximum Gasteiger partial charge on any atom is 0.241 e. The van der Waals surface area contributed by atoms with Crippen molar-refractivity contribution in [3.8, 4) is 0 Å². The number of nitrogens with zero attached hydrogens (tertiary/aromatic N) is 1. The van der Waals surface area contributed by atoms with Crippen molar-refractivity contribution in [2.45, 2.75) is 38.6 Å². The lowest BCUT2D eigenvalue weighted by atomic mass is 10.1. The number of benzene rings is 1. The summed E-state index contributed by atoms with van der Waals surface area (Å²) < 4.78 is 27.8. The Balaban J connectivity index is 2.33. The highest BCUT2D eigenvalue weighted by Gasteiger charge is 2.21. The van der Waals surface area contributed by atoms with E-state index in [1.54, 1.807) is 31.3 Å². The summed E-state index contributed by atoms with van der Waals surface area (Å²) in [6.07, 6.45) is 1.65. The summed E-state index contributed by atoms with van der Waals surface area (Å²) in [6, 6.07) is 8.69. The fraction of sp³-hybridized carbons (Fsp3) is 0.312. The van der Waals surface area contributed by atoms with Crippen molar-refractivity contribution < 1.29 is 8.42 Å². The Morgan fingerprint density at radius 3 is 2.33 bits per heavy atom. The largest absolute Gasteiger partial charge is 0.260 e. The first-order chi connectivity index (χ1) is 9.81. The first-order valence-electron chi connectivity index (χ1n) is 6.82. The quantitative estimate of drug-likeness (QED) is 0.944. The fourth-order valence-electron chi connectivity index (χ4n) is 2.21. The van der Waals surface area contributed by atoms with Crippen LogP contribution in [0.4, 0.5) is 0 Å². The average molecular weight is 304 g/mol. The molecule has 0 radical (unpaired) electrons. The van der Waals surface area contributed by atoms with Crippen LogP contribution in [0.5, 0.6) is 0 Å². The van der Waals surface area contributed by atoms with Crippen LogP contribution in [0.15, 0.2) is 41.4 Å². The van der Waals surface area contributed by atoms with E-state index >= 15 is 0 Å². The summed E-state index contributed by atoms with van der Waals surface area (Å²) in [7, 11) is -3.57. The molecular formula is C16H20N2O2S. The Kier molecular flexibility index (Phi) is 4.44.